The van der Waals surface area contributed by atoms with Crippen LogP contribution in [0.1, 0.15) is 20.8 Å². The zero-order valence-electron chi connectivity index (χ0n) is 13.0. The summed E-state index contributed by atoms with van der Waals surface area (Å²) in [7, 11) is 2.47. The normalized spacial score (nSPS) is 19.9. The first-order chi connectivity index (χ1) is 9.70. The number of hydrogen-bond acceptors (Lipinski definition) is 7. The topological polar surface area (TPSA) is 85.4 Å². The number of piperazine rings is 1. The van der Waals surface area contributed by atoms with E-state index in [9.17, 15) is 14.4 Å². The number of carbonyl (C=O) groups is 3. The Morgan fingerprint density at radius 3 is 2.14 bits per heavy atom. The van der Waals surface area contributed by atoms with Crippen LogP contribution in [0.4, 0.5) is 4.79 Å². The molecule has 0 spiro atoms. The Bertz CT molecular complexity index is 417. The molecule has 8 heteroatoms. The molecule has 0 aliphatic carbocycles. The summed E-state index contributed by atoms with van der Waals surface area (Å²) in [4.78, 5) is 41.8. The average molecular weight is 302 g/mol. The minimum atomic E-state index is -0.871. The van der Waals surface area contributed by atoms with Gasteiger partial charge in [-0.25, -0.2) is 14.4 Å². The molecule has 1 saturated heterocycles. The first-order valence-electron chi connectivity index (χ1n) is 6.60. The van der Waals surface area contributed by atoms with Gasteiger partial charge in [-0.3, -0.25) is 4.90 Å². The lowest BCUT2D eigenvalue weighted by Gasteiger charge is -2.38. The number of hydroxylamine groups is 2. The number of ether oxygens (including phenoxy) is 2. The number of esters is 1. The maximum absolute atomic E-state index is 11.9. The van der Waals surface area contributed by atoms with Crippen molar-refractivity contribution in [2.75, 3.05) is 33.9 Å². The molecule has 8 nitrogen and oxygen atoms in total. The predicted octanol–water partition coefficient (Wildman–Crippen LogP) is 0.416. The highest BCUT2D eigenvalue weighted by Gasteiger charge is 2.39. The highest BCUT2D eigenvalue weighted by atomic mass is 16.7. The number of carbonyl (C=O) groups excluding carboxylic acids is 3. The van der Waals surface area contributed by atoms with Crippen LogP contribution in [0, 0.1) is 5.41 Å². The SMILES string of the molecule is COC(=O)C1CN(OC(=O)C(C)(C)C)CCN1C(=O)OC. The molecular weight excluding hydrogens is 280 g/mol. The lowest BCUT2D eigenvalue weighted by atomic mass is 9.98. The number of rotatable bonds is 2. The molecule has 1 heterocycles. The van der Waals surface area contributed by atoms with E-state index in [1.54, 1.807) is 20.8 Å². The van der Waals surface area contributed by atoms with Crippen molar-refractivity contribution in [3.8, 4) is 0 Å². The van der Waals surface area contributed by atoms with Gasteiger partial charge in [-0.1, -0.05) is 0 Å². The van der Waals surface area contributed by atoms with Crippen molar-refractivity contribution in [3.63, 3.8) is 0 Å². The molecule has 1 aliphatic heterocycles. The Kier molecular flexibility index (Phi) is 5.54. The molecule has 0 aromatic rings. The van der Waals surface area contributed by atoms with E-state index in [-0.39, 0.29) is 13.1 Å². The molecule has 0 radical (unpaired) electrons. The summed E-state index contributed by atoms with van der Waals surface area (Å²) >= 11 is 0. The van der Waals surface area contributed by atoms with Gasteiger partial charge in [0.1, 0.15) is 6.04 Å². The van der Waals surface area contributed by atoms with E-state index in [0.29, 0.717) is 6.54 Å². The lowest BCUT2D eigenvalue weighted by molar-refractivity contribution is -0.212. The maximum atomic E-state index is 11.9. The van der Waals surface area contributed by atoms with E-state index < -0.39 is 29.5 Å². The van der Waals surface area contributed by atoms with Crippen LogP contribution in [-0.2, 0) is 23.9 Å². The third-order valence-electron chi connectivity index (χ3n) is 3.05. The molecule has 1 atom stereocenters. The van der Waals surface area contributed by atoms with Crippen molar-refractivity contribution in [2.45, 2.75) is 26.8 Å². The van der Waals surface area contributed by atoms with Gasteiger partial charge in [-0.15, -0.1) is 5.06 Å². The summed E-state index contributed by atoms with van der Waals surface area (Å²) in [5.74, 6) is -0.991. The Labute approximate surface area is 123 Å². The molecule has 1 aliphatic rings. The molecule has 0 saturated carbocycles. The van der Waals surface area contributed by atoms with Crippen LogP contribution < -0.4 is 0 Å². The molecule has 1 amide bonds. The van der Waals surface area contributed by atoms with Crippen molar-refractivity contribution in [1.82, 2.24) is 9.96 Å². The molecule has 1 rings (SSSR count). The molecule has 0 bridgehead atoms. The fraction of sp³-hybridized carbons (Fsp3) is 0.769. The van der Waals surface area contributed by atoms with Gasteiger partial charge >= 0.3 is 18.0 Å². The standard InChI is InChI=1S/C13H22N2O6/c1-13(2,3)11(17)21-14-6-7-15(12(18)20-5)9(8-14)10(16)19-4/h9H,6-8H2,1-5H3. The molecule has 0 aromatic carbocycles. The summed E-state index contributed by atoms with van der Waals surface area (Å²) < 4.78 is 9.32. The van der Waals surface area contributed by atoms with E-state index in [4.69, 9.17) is 4.84 Å². The van der Waals surface area contributed by atoms with Gasteiger partial charge in [0.25, 0.3) is 0 Å². The molecule has 1 unspecified atom stereocenters. The predicted molar refractivity (Wildman–Crippen MR) is 72.0 cm³/mol. The van der Waals surface area contributed by atoms with Crippen LogP contribution in [0.25, 0.3) is 0 Å². The van der Waals surface area contributed by atoms with Gasteiger partial charge < -0.3 is 14.3 Å². The van der Waals surface area contributed by atoms with Gasteiger partial charge in [0.05, 0.1) is 32.7 Å². The largest absolute Gasteiger partial charge is 0.467 e. The second-order valence-electron chi connectivity index (χ2n) is 5.72. The van der Waals surface area contributed by atoms with Gasteiger partial charge in [-0.05, 0) is 20.8 Å². The van der Waals surface area contributed by atoms with Crippen molar-refractivity contribution < 1.29 is 28.7 Å². The molecular formula is C13H22N2O6. The molecule has 120 valence electrons. The lowest BCUT2D eigenvalue weighted by Crippen LogP contribution is -2.59. The fourth-order valence-electron chi connectivity index (χ4n) is 1.77. The van der Waals surface area contributed by atoms with Crippen LogP contribution in [0.3, 0.4) is 0 Å². The van der Waals surface area contributed by atoms with Crippen LogP contribution in [0.15, 0.2) is 0 Å². The smallest absolute Gasteiger partial charge is 0.410 e. The number of amides is 1. The first kappa shape index (κ1) is 17.2. The van der Waals surface area contributed by atoms with Gasteiger partial charge in [0, 0.05) is 6.54 Å². The van der Waals surface area contributed by atoms with Crippen molar-refractivity contribution in [1.29, 1.82) is 0 Å². The van der Waals surface area contributed by atoms with Crippen molar-refractivity contribution in [3.05, 3.63) is 0 Å². The van der Waals surface area contributed by atoms with Crippen LogP contribution in [0.5, 0.6) is 0 Å². The minimum absolute atomic E-state index is 0.0452. The van der Waals surface area contributed by atoms with E-state index in [1.165, 1.54) is 24.2 Å². The second kappa shape index (κ2) is 6.75. The maximum Gasteiger partial charge on any atom is 0.410 e. The Morgan fingerprint density at radius 1 is 1.05 bits per heavy atom. The third-order valence-corrected chi connectivity index (χ3v) is 3.05. The van der Waals surface area contributed by atoms with E-state index in [2.05, 4.69) is 9.47 Å². The van der Waals surface area contributed by atoms with Gasteiger partial charge in [0.2, 0.25) is 0 Å². The summed E-state index contributed by atoms with van der Waals surface area (Å²) in [6.45, 7) is 5.74. The van der Waals surface area contributed by atoms with E-state index in [0.717, 1.165) is 0 Å². The number of nitrogens with zero attached hydrogens (tertiary/aromatic N) is 2. The molecule has 1 fully saturated rings. The first-order valence-corrected chi connectivity index (χ1v) is 6.60. The highest BCUT2D eigenvalue weighted by molar-refractivity contribution is 5.82. The van der Waals surface area contributed by atoms with Gasteiger partial charge in [-0.2, -0.15) is 0 Å². The summed E-state index contributed by atoms with van der Waals surface area (Å²) in [5, 5.41) is 1.37. The van der Waals surface area contributed by atoms with Crippen LogP contribution in [0.2, 0.25) is 0 Å². The number of methoxy groups -OCH3 is 2. The summed E-state index contributed by atoms with van der Waals surface area (Å²) in [6.07, 6.45) is -0.618. The van der Waals surface area contributed by atoms with Crippen molar-refractivity contribution >= 4 is 18.0 Å². The van der Waals surface area contributed by atoms with Crippen molar-refractivity contribution in [2.24, 2.45) is 5.41 Å². The minimum Gasteiger partial charge on any atom is -0.467 e. The monoisotopic (exact) mass is 302 g/mol. The van der Waals surface area contributed by atoms with E-state index in [1.807, 2.05) is 0 Å². The second-order valence-corrected chi connectivity index (χ2v) is 5.72. The Hall–Kier alpha value is -1.83. The number of hydrogen-bond donors (Lipinski definition) is 0. The third kappa shape index (κ3) is 4.32. The molecule has 0 aromatic heterocycles. The fourth-order valence-corrected chi connectivity index (χ4v) is 1.77. The summed E-state index contributed by atoms with van der Waals surface area (Å²) in [5.41, 5.74) is -0.653. The average Bonchev–Trinajstić information content (AvgIpc) is 2.44. The molecule has 0 N–H and O–H groups in total. The molecule has 21 heavy (non-hydrogen) atoms. The summed E-state index contributed by atoms with van der Waals surface area (Å²) in [6, 6.07) is -0.871. The highest BCUT2D eigenvalue weighted by Crippen LogP contribution is 2.19. The zero-order valence-corrected chi connectivity index (χ0v) is 13.0. The van der Waals surface area contributed by atoms with E-state index >= 15 is 0 Å². The Balaban J connectivity index is 2.77. The van der Waals surface area contributed by atoms with Gasteiger partial charge in [0.15, 0.2) is 0 Å². The van der Waals surface area contributed by atoms with Crippen LogP contribution >= 0.6 is 0 Å². The van der Waals surface area contributed by atoms with Crippen LogP contribution in [-0.4, -0.2) is 67.9 Å². The quantitative estimate of drug-likeness (QED) is 0.683. The Morgan fingerprint density at radius 2 is 1.67 bits per heavy atom. The zero-order chi connectivity index (χ0) is 16.2.